The predicted molar refractivity (Wildman–Crippen MR) is 172 cm³/mol. The normalized spacial score (nSPS) is 17.1. The Bertz CT molecular complexity index is 1130. The average Bonchev–Trinajstić information content (AvgIpc) is 2.97. The number of hydrogen-bond acceptors (Lipinski definition) is 10. The van der Waals surface area contributed by atoms with Gasteiger partial charge in [-0.25, -0.2) is 9.59 Å². The molecule has 0 radical (unpaired) electrons. The Labute approximate surface area is 283 Å². The summed E-state index contributed by atoms with van der Waals surface area (Å²) in [5.74, 6) is -2.43. The molecular weight excluding hydrogens is 662 g/mol. The van der Waals surface area contributed by atoms with Gasteiger partial charge in [0.1, 0.15) is 11.2 Å². The molecule has 280 valence electrons. The van der Waals surface area contributed by atoms with Crippen molar-refractivity contribution >= 4 is 30.0 Å². The van der Waals surface area contributed by atoms with Crippen molar-refractivity contribution < 1.29 is 45.4 Å². The van der Waals surface area contributed by atoms with E-state index in [2.05, 4.69) is 25.6 Å². The zero-order valence-electron chi connectivity index (χ0n) is 29.1. The van der Waals surface area contributed by atoms with E-state index < -0.39 is 47.6 Å². The SMILES string of the molecule is CC(C)(C)OC(=O)NCCCN(CCCNC(=O)OC(C)(C)C)c1nc(N2CCC(C(F)(F)F)CC2)nc(N2CCC(C(F)(F)F)CC2)n1. The van der Waals surface area contributed by atoms with Gasteiger partial charge in [0.15, 0.2) is 0 Å². The van der Waals surface area contributed by atoms with Gasteiger partial charge in [0.25, 0.3) is 0 Å². The zero-order chi connectivity index (χ0) is 36.6. The van der Waals surface area contributed by atoms with Crippen molar-refractivity contribution in [2.45, 2.75) is 104 Å². The lowest BCUT2D eigenvalue weighted by molar-refractivity contribution is -0.179. The van der Waals surface area contributed by atoms with Crippen molar-refractivity contribution in [3.05, 3.63) is 0 Å². The van der Waals surface area contributed by atoms with Crippen molar-refractivity contribution in [2.24, 2.45) is 11.8 Å². The molecule has 2 saturated heterocycles. The van der Waals surface area contributed by atoms with Gasteiger partial charge in [-0.1, -0.05) is 0 Å². The van der Waals surface area contributed by atoms with Crippen LogP contribution < -0.4 is 25.3 Å². The first-order valence-electron chi connectivity index (χ1n) is 16.7. The van der Waals surface area contributed by atoms with E-state index in [-0.39, 0.29) is 82.8 Å². The van der Waals surface area contributed by atoms with E-state index in [1.54, 1.807) is 56.2 Å². The van der Waals surface area contributed by atoms with Crippen LogP contribution in [0.15, 0.2) is 0 Å². The number of nitrogens with one attached hydrogen (secondary N) is 2. The highest BCUT2D eigenvalue weighted by Gasteiger charge is 2.43. The van der Waals surface area contributed by atoms with E-state index in [0.717, 1.165) is 0 Å². The summed E-state index contributed by atoms with van der Waals surface area (Å²) in [4.78, 5) is 43.2. The Kier molecular flexibility index (Phi) is 13.5. The van der Waals surface area contributed by atoms with Crippen LogP contribution in [0.4, 0.5) is 53.8 Å². The fraction of sp³-hybridized carbons (Fsp3) is 0.839. The van der Waals surface area contributed by atoms with Gasteiger partial charge in [-0.15, -0.1) is 0 Å². The maximum atomic E-state index is 13.4. The quantitative estimate of drug-likeness (QED) is 0.207. The van der Waals surface area contributed by atoms with Crippen LogP contribution in [0.25, 0.3) is 0 Å². The van der Waals surface area contributed by atoms with E-state index in [4.69, 9.17) is 9.47 Å². The average molecular weight is 713 g/mol. The molecular formula is C31H50F6N8O4. The van der Waals surface area contributed by atoms with Crippen LogP contribution in [-0.2, 0) is 9.47 Å². The topological polar surface area (TPSA) is 125 Å². The molecule has 3 rings (SSSR count). The molecule has 1 aromatic rings. The molecule has 49 heavy (non-hydrogen) atoms. The first-order chi connectivity index (χ1) is 22.6. The predicted octanol–water partition coefficient (Wildman–Crippen LogP) is 6.07. The Morgan fingerprint density at radius 3 is 1.33 bits per heavy atom. The number of aromatic nitrogens is 3. The molecule has 3 heterocycles. The zero-order valence-corrected chi connectivity index (χ0v) is 29.1. The van der Waals surface area contributed by atoms with Crippen LogP contribution in [0.1, 0.15) is 80.1 Å². The number of alkyl halides is 6. The lowest BCUT2D eigenvalue weighted by atomic mass is 9.96. The molecule has 0 unspecified atom stereocenters. The van der Waals surface area contributed by atoms with Gasteiger partial charge in [-0.05, 0) is 80.1 Å². The summed E-state index contributed by atoms with van der Waals surface area (Å²) in [6.45, 7) is 11.7. The molecule has 0 saturated carbocycles. The van der Waals surface area contributed by atoms with Gasteiger partial charge in [0.05, 0.1) is 11.8 Å². The lowest BCUT2D eigenvalue weighted by Crippen LogP contribution is -2.42. The fourth-order valence-electron chi connectivity index (χ4n) is 5.44. The Hall–Kier alpha value is -3.47. The third-order valence-electron chi connectivity index (χ3n) is 7.91. The van der Waals surface area contributed by atoms with Gasteiger partial charge >= 0.3 is 24.5 Å². The molecule has 2 aliphatic heterocycles. The number of alkyl carbamates (subject to hydrolysis) is 2. The second-order valence-corrected chi connectivity index (χ2v) is 14.4. The van der Waals surface area contributed by atoms with Crippen LogP contribution in [-0.4, -0.2) is 103 Å². The Morgan fingerprint density at radius 1 is 0.673 bits per heavy atom. The second kappa shape index (κ2) is 16.5. The summed E-state index contributed by atoms with van der Waals surface area (Å²) in [7, 11) is 0. The van der Waals surface area contributed by atoms with Crippen molar-refractivity contribution in [1.82, 2.24) is 25.6 Å². The van der Waals surface area contributed by atoms with Crippen molar-refractivity contribution in [2.75, 3.05) is 67.1 Å². The van der Waals surface area contributed by atoms with Gasteiger partial charge in [0.2, 0.25) is 17.8 Å². The highest BCUT2D eigenvalue weighted by molar-refractivity contribution is 5.68. The molecule has 2 N–H and O–H groups in total. The maximum absolute atomic E-state index is 13.4. The molecule has 0 bridgehead atoms. The van der Waals surface area contributed by atoms with E-state index >= 15 is 0 Å². The van der Waals surface area contributed by atoms with Crippen LogP contribution >= 0.6 is 0 Å². The molecule has 0 aromatic carbocycles. The van der Waals surface area contributed by atoms with Gasteiger partial charge in [-0.3, -0.25) is 0 Å². The molecule has 2 fully saturated rings. The van der Waals surface area contributed by atoms with E-state index in [0.29, 0.717) is 25.9 Å². The summed E-state index contributed by atoms with van der Waals surface area (Å²) in [6, 6.07) is 0. The minimum atomic E-state index is -4.32. The molecule has 0 aliphatic carbocycles. The molecule has 0 spiro atoms. The molecule has 2 aliphatic rings. The number of hydrogen-bond donors (Lipinski definition) is 2. The third-order valence-corrected chi connectivity index (χ3v) is 7.91. The smallest absolute Gasteiger partial charge is 0.407 e. The maximum Gasteiger partial charge on any atom is 0.407 e. The van der Waals surface area contributed by atoms with Crippen LogP contribution in [0.5, 0.6) is 0 Å². The monoisotopic (exact) mass is 712 g/mol. The molecule has 1 aromatic heterocycles. The van der Waals surface area contributed by atoms with Gasteiger partial charge in [-0.2, -0.15) is 41.3 Å². The highest BCUT2D eigenvalue weighted by atomic mass is 19.4. The molecule has 12 nitrogen and oxygen atoms in total. The van der Waals surface area contributed by atoms with E-state index in [1.807, 2.05) is 0 Å². The summed E-state index contributed by atoms with van der Waals surface area (Å²) in [5.41, 5.74) is -1.36. The number of halogens is 6. The molecule has 0 atom stereocenters. The number of rotatable bonds is 11. The first kappa shape index (κ1) is 40.0. The van der Waals surface area contributed by atoms with Crippen molar-refractivity contribution in [3.8, 4) is 0 Å². The number of carbonyl (C=O) groups is 2. The van der Waals surface area contributed by atoms with Gasteiger partial charge < -0.3 is 34.8 Å². The standard InChI is InChI=1S/C31H50F6N8O4/c1-28(2,3)48-26(46)38-13-7-15-43(16-8-14-39-27(47)49-29(4,5)6)23-40-24(44-17-9-21(10-18-44)30(32,33)34)42-25(41-23)45-19-11-22(12-20-45)31(35,36)37/h21-22H,7-20H2,1-6H3,(H,38,46)(H,39,47). The van der Waals surface area contributed by atoms with Crippen LogP contribution in [0, 0.1) is 11.8 Å². The number of piperidine rings is 2. The van der Waals surface area contributed by atoms with E-state index in [9.17, 15) is 35.9 Å². The van der Waals surface area contributed by atoms with Crippen molar-refractivity contribution in [1.29, 1.82) is 0 Å². The largest absolute Gasteiger partial charge is 0.444 e. The van der Waals surface area contributed by atoms with Gasteiger partial charge in [0, 0.05) is 52.4 Å². The minimum Gasteiger partial charge on any atom is -0.444 e. The Balaban J connectivity index is 1.84. The molecule has 2 amide bonds. The van der Waals surface area contributed by atoms with Crippen LogP contribution in [0.2, 0.25) is 0 Å². The summed E-state index contributed by atoms with van der Waals surface area (Å²) < 4.78 is 91.0. The third kappa shape index (κ3) is 13.8. The van der Waals surface area contributed by atoms with Crippen LogP contribution in [0.3, 0.4) is 0 Å². The number of amides is 2. The summed E-state index contributed by atoms with van der Waals surface area (Å²) in [5, 5.41) is 5.39. The Morgan fingerprint density at radius 2 is 1.02 bits per heavy atom. The molecule has 18 heteroatoms. The lowest BCUT2D eigenvalue weighted by Gasteiger charge is -2.35. The highest BCUT2D eigenvalue weighted by Crippen LogP contribution is 2.37. The van der Waals surface area contributed by atoms with E-state index in [1.165, 1.54) is 0 Å². The number of anilines is 3. The first-order valence-corrected chi connectivity index (χ1v) is 16.7. The minimum absolute atomic E-state index is 0.0445. The second-order valence-electron chi connectivity index (χ2n) is 14.4. The number of carbonyl (C=O) groups excluding carboxylic acids is 2. The number of nitrogens with zero attached hydrogens (tertiary/aromatic N) is 6. The number of ether oxygens (including phenoxy) is 2. The summed E-state index contributed by atoms with van der Waals surface area (Å²) >= 11 is 0. The van der Waals surface area contributed by atoms with Crippen molar-refractivity contribution in [3.63, 3.8) is 0 Å². The summed E-state index contributed by atoms with van der Waals surface area (Å²) in [6.07, 6.45) is -9.55. The fourth-order valence-corrected chi connectivity index (χ4v) is 5.44.